The number of likely N-dealkylation sites (tertiary alicyclic amines) is 1. The highest BCUT2D eigenvalue weighted by Gasteiger charge is 2.50. The number of hydrogen-bond acceptors (Lipinski definition) is 7. The number of phenols is 1. The minimum Gasteiger partial charge on any atom is -0.508 e. The maximum absolute atomic E-state index is 17.0. The molecule has 11 heteroatoms. The third-order valence-corrected chi connectivity index (χ3v) is 12.4. The Kier molecular flexibility index (Phi) is 7.68. The number of phenolic OH excluding ortho intramolecular Hbond substituents is 1. The number of nitrogens with zero attached hydrogens (tertiary/aromatic N) is 4. The van der Waals surface area contributed by atoms with Crippen molar-refractivity contribution in [2.24, 2.45) is 10.8 Å². The maximum atomic E-state index is 17.0. The lowest BCUT2D eigenvalue weighted by Gasteiger charge is -2.37. The summed E-state index contributed by atoms with van der Waals surface area (Å²) in [5.41, 5.74) is 0.360. The number of ether oxygens (including phenoxy) is 1. The minimum atomic E-state index is -2.54. The molecule has 2 aliphatic carbocycles. The molecule has 2 bridgehead atoms. The second-order valence-electron chi connectivity index (χ2n) is 16.0. The third-order valence-electron chi connectivity index (χ3n) is 12.4. The molecule has 5 fully saturated rings. The molecule has 3 saturated heterocycles. The zero-order chi connectivity index (χ0) is 35.1. The summed E-state index contributed by atoms with van der Waals surface area (Å²) in [6.45, 7) is 4.38. The van der Waals surface area contributed by atoms with Crippen LogP contribution in [0.5, 0.6) is 11.8 Å². The molecule has 51 heavy (non-hydrogen) atoms. The highest BCUT2D eigenvalue weighted by atomic mass is 19.3. The average molecular weight is 700 g/mol. The predicted octanol–water partition coefficient (Wildman–Crippen LogP) is 7.42. The van der Waals surface area contributed by atoms with Crippen LogP contribution < -0.4 is 15.0 Å². The molecular formula is C40H41F4N5O2. The van der Waals surface area contributed by atoms with Gasteiger partial charge in [0.15, 0.2) is 5.82 Å². The Hall–Kier alpha value is -4.14. The van der Waals surface area contributed by atoms with E-state index in [1.807, 2.05) is 0 Å². The van der Waals surface area contributed by atoms with Crippen LogP contribution in [0.25, 0.3) is 32.8 Å². The Labute approximate surface area is 294 Å². The quantitative estimate of drug-likeness (QED) is 0.154. The van der Waals surface area contributed by atoms with E-state index in [2.05, 4.69) is 26.0 Å². The molecule has 2 saturated carbocycles. The van der Waals surface area contributed by atoms with Gasteiger partial charge in [-0.25, -0.2) is 17.6 Å². The van der Waals surface area contributed by atoms with Gasteiger partial charge < -0.3 is 25.0 Å². The molecule has 2 atom stereocenters. The molecule has 3 aromatic carbocycles. The number of aromatic hydroxyl groups is 1. The largest absolute Gasteiger partial charge is 0.508 e. The average Bonchev–Trinajstić information content (AvgIpc) is 3.64. The summed E-state index contributed by atoms with van der Waals surface area (Å²) in [5.74, 6) is -0.864. The Morgan fingerprint density at radius 2 is 1.71 bits per heavy atom. The number of nitrogens with one attached hydrogen (secondary N) is 1. The Bertz CT molecular complexity index is 2070. The van der Waals surface area contributed by atoms with Crippen LogP contribution in [-0.4, -0.2) is 77.3 Å². The lowest BCUT2D eigenvalue weighted by atomic mass is 9.72. The second-order valence-corrected chi connectivity index (χ2v) is 16.0. The number of piperazine rings is 1. The normalized spacial score (nSPS) is 24.7. The summed E-state index contributed by atoms with van der Waals surface area (Å²) < 4.78 is 66.1. The van der Waals surface area contributed by atoms with Crippen molar-refractivity contribution in [3.8, 4) is 35.2 Å². The predicted molar refractivity (Wildman–Crippen MR) is 188 cm³/mol. The Balaban J connectivity index is 1.05. The van der Waals surface area contributed by atoms with Gasteiger partial charge >= 0.3 is 6.01 Å². The van der Waals surface area contributed by atoms with Crippen LogP contribution in [0.4, 0.5) is 23.4 Å². The van der Waals surface area contributed by atoms with E-state index in [0.717, 1.165) is 64.8 Å². The molecule has 4 heterocycles. The molecule has 5 aliphatic rings. The van der Waals surface area contributed by atoms with Gasteiger partial charge in [-0.15, -0.1) is 6.42 Å². The smallest absolute Gasteiger partial charge is 0.319 e. The van der Waals surface area contributed by atoms with E-state index >= 15 is 4.39 Å². The van der Waals surface area contributed by atoms with Crippen molar-refractivity contribution < 1.29 is 27.4 Å². The van der Waals surface area contributed by atoms with Crippen molar-refractivity contribution in [3.63, 3.8) is 0 Å². The monoisotopic (exact) mass is 699 g/mol. The Morgan fingerprint density at radius 3 is 2.43 bits per heavy atom. The van der Waals surface area contributed by atoms with Gasteiger partial charge in [0.05, 0.1) is 12.2 Å². The van der Waals surface area contributed by atoms with Gasteiger partial charge in [0.25, 0.3) is 0 Å². The number of alkyl halides is 2. The lowest BCUT2D eigenvalue weighted by Crippen LogP contribution is -2.51. The molecule has 0 amide bonds. The third kappa shape index (κ3) is 5.94. The number of fused-ring (bicyclic) bond motifs is 4. The van der Waals surface area contributed by atoms with Crippen LogP contribution in [0.15, 0.2) is 36.4 Å². The molecule has 3 aliphatic heterocycles. The van der Waals surface area contributed by atoms with Crippen LogP contribution in [-0.2, 0) is 0 Å². The number of aromatic nitrogens is 2. The fourth-order valence-corrected chi connectivity index (χ4v) is 9.32. The van der Waals surface area contributed by atoms with Gasteiger partial charge in [0, 0.05) is 72.9 Å². The Morgan fingerprint density at radius 1 is 0.941 bits per heavy atom. The zero-order valence-corrected chi connectivity index (χ0v) is 28.5. The summed E-state index contributed by atoms with van der Waals surface area (Å²) in [6, 6.07) is 9.76. The number of terminal acetylenes is 1. The first-order valence-electron chi connectivity index (χ1n) is 18.2. The number of halogens is 4. The lowest BCUT2D eigenvalue weighted by molar-refractivity contribution is -0.0650. The number of benzene rings is 3. The highest BCUT2D eigenvalue weighted by Crippen LogP contribution is 2.52. The SMILES string of the molecule is C#Cc1c(F)ccc2cc(O)cc(-c3ccc4c(N5CC6CCC(C5)N6)nc(OCC5(CN6CCC7(CCC(F)(F)CC7)C6)CC5)nc4c3F)c12. The van der Waals surface area contributed by atoms with Crippen molar-refractivity contribution in [1.82, 2.24) is 20.2 Å². The highest BCUT2D eigenvalue weighted by molar-refractivity contribution is 6.04. The first-order chi connectivity index (χ1) is 24.5. The van der Waals surface area contributed by atoms with Gasteiger partial charge in [-0.05, 0) is 92.1 Å². The van der Waals surface area contributed by atoms with Gasteiger partial charge in [0.1, 0.15) is 22.9 Å². The van der Waals surface area contributed by atoms with Crippen LogP contribution in [0.1, 0.15) is 63.4 Å². The van der Waals surface area contributed by atoms with Crippen LogP contribution in [0.2, 0.25) is 0 Å². The van der Waals surface area contributed by atoms with E-state index in [1.165, 1.54) is 24.3 Å². The molecular weight excluding hydrogens is 658 g/mol. The van der Waals surface area contributed by atoms with Crippen molar-refractivity contribution in [3.05, 3.63) is 53.6 Å². The van der Waals surface area contributed by atoms with Gasteiger partial charge in [-0.2, -0.15) is 9.97 Å². The zero-order valence-electron chi connectivity index (χ0n) is 28.5. The number of hydrogen-bond donors (Lipinski definition) is 2. The fraction of sp³-hybridized carbons (Fsp3) is 0.500. The van der Waals surface area contributed by atoms with E-state index in [1.54, 1.807) is 12.1 Å². The summed E-state index contributed by atoms with van der Waals surface area (Å²) in [5, 5.41) is 15.6. The maximum Gasteiger partial charge on any atom is 0.319 e. The van der Waals surface area contributed by atoms with Crippen LogP contribution in [0, 0.1) is 34.8 Å². The molecule has 266 valence electrons. The van der Waals surface area contributed by atoms with E-state index in [-0.39, 0.29) is 57.6 Å². The number of anilines is 1. The summed E-state index contributed by atoms with van der Waals surface area (Å²) in [7, 11) is 0. The number of rotatable bonds is 7. The first kappa shape index (κ1) is 32.7. The summed E-state index contributed by atoms with van der Waals surface area (Å²) in [6.07, 6.45) is 11.9. The van der Waals surface area contributed by atoms with Crippen molar-refractivity contribution >= 4 is 27.5 Å². The van der Waals surface area contributed by atoms with Gasteiger partial charge in [0.2, 0.25) is 5.92 Å². The molecule has 7 nitrogen and oxygen atoms in total. The van der Waals surface area contributed by atoms with E-state index in [4.69, 9.17) is 16.1 Å². The fourth-order valence-electron chi connectivity index (χ4n) is 9.32. The van der Waals surface area contributed by atoms with E-state index < -0.39 is 17.6 Å². The molecule has 1 aromatic heterocycles. The van der Waals surface area contributed by atoms with E-state index in [0.29, 0.717) is 53.5 Å². The topological polar surface area (TPSA) is 73.8 Å². The van der Waals surface area contributed by atoms with Crippen LogP contribution in [0.3, 0.4) is 0 Å². The molecule has 2 N–H and O–H groups in total. The molecule has 9 rings (SSSR count). The first-order valence-corrected chi connectivity index (χ1v) is 18.2. The van der Waals surface area contributed by atoms with Crippen LogP contribution >= 0.6 is 0 Å². The standard InChI is InChI=1S/C40H41F4N5O2/c1-2-28-32(41)8-3-24-17-27(50)18-31(33(24)28)29-6-7-30-35(34(29)42)46-37(47-36(30)49-19-25-4-5-26(20-49)45-25)51-23-39(9-10-39)22-48-16-15-38(21-48)11-13-40(43,44)14-12-38/h1,3,6-8,17-18,25-26,45,50H,4-5,9-16,19-23H2. The van der Waals surface area contributed by atoms with Gasteiger partial charge in [-0.1, -0.05) is 18.1 Å². The van der Waals surface area contributed by atoms with Gasteiger partial charge in [-0.3, -0.25) is 0 Å². The van der Waals surface area contributed by atoms with E-state index in [9.17, 15) is 18.3 Å². The summed E-state index contributed by atoms with van der Waals surface area (Å²) in [4.78, 5) is 14.2. The molecule has 0 radical (unpaired) electrons. The summed E-state index contributed by atoms with van der Waals surface area (Å²) >= 11 is 0. The van der Waals surface area contributed by atoms with Crippen molar-refractivity contribution in [2.45, 2.75) is 75.8 Å². The van der Waals surface area contributed by atoms with Crippen molar-refractivity contribution in [1.29, 1.82) is 0 Å². The molecule has 2 unspecified atom stereocenters. The molecule has 4 aromatic rings. The molecule has 1 spiro atoms. The van der Waals surface area contributed by atoms with Crippen molar-refractivity contribution in [2.75, 3.05) is 44.2 Å². The second kappa shape index (κ2) is 12.0. The minimum absolute atomic E-state index is 0.00855.